The molecule has 0 aliphatic rings. The quantitative estimate of drug-likeness (QED) is 0.727. The van der Waals surface area contributed by atoms with E-state index in [-0.39, 0.29) is 0 Å². The van der Waals surface area contributed by atoms with E-state index in [0.717, 1.165) is 29.3 Å². The molecule has 0 saturated carbocycles. The average Bonchev–Trinajstić information content (AvgIpc) is 2.54. The van der Waals surface area contributed by atoms with Crippen LogP contribution in [0.2, 0.25) is 5.02 Å². The standard InChI is InChI=1S/C13H14ClNO/c1-4-15-9(3)8(2)12-10(7-16)5-6-11(14)13(12)15/h5-7H,4H2,1-3H3. The molecule has 0 fully saturated rings. The van der Waals surface area contributed by atoms with Crippen LogP contribution in [0.4, 0.5) is 0 Å². The molecule has 0 N–H and O–H groups in total. The van der Waals surface area contributed by atoms with Crippen molar-refractivity contribution in [2.45, 2.75) is 27.3 Å². The van der Waals surface area contributed by atoms with E-state index < -0.39 is 0 Å². The molecule has 0 atom stereocenters. The van der Waals surface area contributed by atoms with Crippen LogP contribution in [0.3, 0.4) is 0 Å². The van der Waals surface area contributed by atoms with Crippen molar-refractivity contribution in [3.05, 3.63) is 34.0 Å². The highest BCUT2D eigenvalue weighted by molar-refractivity contribution is 6.35. The molecule has 2 rings (SSSR count). The predicted octanol–water partition coefficient (Wildman–Crippen LogP) is 3.74. The smallest absolute Gasteiger partial charge is 0.150 e. The van der Waals surface area contributed by atoms with Crippen molar-refractivity contribution in [2.75, 3.05) is 0 Å². The van der Waals surface area contributed by atoms with Gasteiger partial charge in [0.15, 0.2) is 6.29 Å². The summed E-state index contributed by atoms with van der Waals surface area (Å²) in [7, 11) is 0. The lowest BCUT2D eigenvalue weighted by Gasteiger charge is -2.05. The molecule has 3 heteroatoms. The first kappa shape index (κ1) is 11.2. The van der Waals surface area contributed by atoms with Gasteiger partial charge in [0.2, 0.25) is 0 Å². The van der Waals surface area contributed by atoms with Crippen LogP contribution in [0.25, 0.3) is 10.9 Å². The molecule has 1 aromatic carbocycles. The molecular weight excluding hydrogens is 222 g/mol. The number of nitrogens with zero attached hydrogens (tertiary/aromatic N) is 1. The van der Waals surface area contributed by atoms with Gasteiger partial charge in [0, 0.05) is 23.2 Å². The predicted molar refractivity (Wildman–Crippen MR) is 67.5 cm³/mol. The van der Waals surface area contributed by atoms with Crippen LogP contribution < -0.4 is 0 Å². The van der Waals surface area contributed by atoms with E-state index in [0.29, 0.717) is 10.6 Å². The zero-order valence-electron chi connectivity index (χ0n) is 9.67. The summed E-state index contributed by atoms with van der Waals surface area (Å²) in [6, 6.07) is 3.57. The highest BCUT2D eigenvalue weighted by Gasteiger charge is 2.15. The molecule has 1 heterocycles. The number of benzene rings is 1. The number of carbonyl (C=O) groups excluding carboxylic acids is 1. The number of carbonyl (C=O) groups is 1. The van der Waals surface area contributed by atoms with Gasteiger partial charge in [0.05, 0.1) is 10.5 Å². The van der Waals surface area contributed by atoms with E-state index in [1.54, 1.807) is 12.1 Å². The van der Waals surface area contributed by atoms with Gasteiger partial charge in [-0.2, -0.15) is 0 Å². The maximum absolute atomic E-state index is 11.0. The number of aromatic nitrogens is 1. The Morgan fingerprint density at radius 2 is 2.06 bits per heavy atom. The van der Waals surface area contributed by atoms with Crippen molar-refractivity contribution >= 4 is 28.8 Å². The van der Waals surface area contributed by atoms with E-state index in [2.05, 4.69) is 18.4 Å². The average molecular weight is 236 g/mol. The summed E-state index contributed by atoms with van der Waals surface area (Å²) in [5.74, 6) is 0. The van der Waals surface area contributed by atoms with Crippen LogP contribution in [-0.2, 0) is 6.54 Å². The fourth-order valence-corrected chi connectivity index (χ4v) is 2.54. The highest BCUT2D eigenvalue weighted by Crippen LogP contribution is 2.32. The van der Waals surface area contributed by atoms with Gasteiger partial charge in [0.1, 0.15) is 0 Å². The summed E-state index contributed by atoms with van der Waals surface area (Å²) in [4.78, 5) is 11.0. The lowest BCUT2D eigenvalue weighted by molar-refractivity contribution is 0.112. The van der Waals surface area contributed by atoms with E-state index in [1.807, 2.05) is 6.92 Å². The van der Waals surface area contributed by atoms with Gasteiger partial charge in [0.25, 0.3) is 0 Å². The van der Waals surface area contributed by atoms with Crippen molar-refractivity contribution < 1.29 is 4.79 Å². The molecule has 0 saturated heterocycles. The molecule has 0 bridgehead atoms. The van der Waals surface area contributed by atoms with Crippen molar-refractivity contribution in [1.29, 1.82) is 0 Å². The lowest BCUT2D eigenvalue weighted by atomic mass is 10.1. The molecule has 0 amide bonds. The van der Waals surface area contributed by atoms with Crippen LogP contribution in [0.5, 0.6) is 0 Å². The molecule has 0 spiro atoms. The number of aryl methyl sites for hydroxylation is 2. The molecule has 0 radical (unpaired) electrons. The number of hydrogen-bond acceptors (Lipinski definition) is 1. The van der Waals surface area contributed by atoms with Gasteiger partial charge in [-0.05, 0) is 38.5 Å². The SMILES string of the molecule is CCn1c(C)c(C)c2c(C=O)ccc(Cl)c21. The van der Waals surface area contributed by atoms with Crippen molar-refractivity contribution in [3.63, 3.8) is 0 Å². The van der Waals surface area contributed by atoms with E-state index in [1.165, 1.54) is 5.69 Å². The van der Waals surface area contributed by atoms with E-state index in [4.69, 9.17) is 11.6 Å². The summed E-state index contributed by atoms with van der Waals surface area (Å²) >= 11 is 6.22. The fraction of sp³-hybridized carbons (Fsp3) is 0.308. The second-order valence-corrected chi connectivity index (χ2v) is 4.34. The summed E-state index contributed by atoms with van der Waals surface area (Å²) in [6.07, 6.45) is 0.894. The highest BCUT2D eigenvalue weighted by atomic mass is 35.5. The molecule has 84 valence electrons. The minimum atomic E-state index is 0.707. The Balaban J connectivity index is 3.03. The van der Waals surface area contributed by atoms with Crippen molar-refractivity contribution in [1.82, 2.24) is 4.57 Å². The van der Waals surface area contributed by atoms with E-state index >= 15 is 0 Å². The molecule has 16 heavy (non-hydrogen) atoms. The number of aldehydes is 1. The Hall–Kier alpha value is -1.28. The maximum Gasteiger partial charge on any atom is 0.150 e. The van der Waals surface area contributed by atoms with Crippen LogP contribution in [0, 0.1) is 13.8 Å². The van der Waals surface area contributed by atoms with Gasteiger partial charge in [-0.25, -0.2) is 0 Å². The van der Waals surface area contributed by atoms with E-state index in [9.17, 15) is 4.79 Å². The Morgan fingerprint density at radius 3 is 2.62 bits per heavy atom. The third kappa shape index (κ3) is 1.37. The zero-order chi connectivity index (χ0) is 11.9. The third-order valence-corrected chi connectivity index (χ3v) is 3.50. The van der Waals surface area contributed by atoms with Crippen molar-refractivity contribution in [3.8, 4) is 0 Å². The van der Waals surface area contributed by atoms with Crippen LogP contribution >= 0.6 is 11.6 Å². The summed E-state index contributed by atoms with van der Waals surface area (Å²) in [6.45, 7) is 7.03. The number of fused-ring (bicyclic) bond motifs is 1. The first-order chi connectivity index (χ1) is 7.61. The van der Waals surface area contributed by atoms with Crippen molar-refractivity contribution in [2.24, 2.45) is 0 Å². The largest absolute Gasteiger partial charge is 0.344 e. The minimum Gasteiger partial charge on any atom is -0.344 e. The second-order valence-electron chi connectivity index (χ2n) is 3.93. The topological polar surface area (TPSA) is 22.0 Å². The monoisotopic (exact) mass is 235 g/mol. The molecule has 1 aromatic heterocycles. The molecule has 2 aromatic rings. The first-order valence-electron chi connectivity index (χ1n) is 5.34. The molecular formula is C13H14ClNO. The van der Waals surface area contributed by atoms with Gasteiger partial charge >= 0.3 is 0 Å². The minimum absolute atomic E-state index is 0.707. The van der Waals surface area contributed by atoms with Gasteiger partial charge in [-0.15, -0.1) is 0 Å². The molecule has 0 unspecified atom stereocenters. The molecule has 0 aliphatic carbocycles. The third-order valence-electron chi connectivity index (χ3n) is 3.20. The Kier molecular flexibility index (Phi) is 2.76. The number of rotatable bonds is 2. The van der Waals surface area contributed by atoms with Crippen LogP contribution in [-0.4, -0.2) is 10.9 Å². The maximum atomic E-state index is 11.0. The zero-order valence-corrected chi connectivity index (χ0v) is 10.4. The Morgan fingerprint density at radius 1 is 1.38 bits per heavy atom. The fourth-order valence-electron chi connectivity index (χ4n) is 2.28. The number of halogens is 1. The first-order valence-corrected chi connectivity index (χ1v) is 5.72. The van der Waals surface area contributed by atoms with Crippen LogP contribution in [0.15, 0.2) is 12.1 Å². The summed E-state index contributed by atoms with van der Waals surface area (Å²) in [5.41, 5.74) is 4.01. The number of hydrogen-bond donors (Lipinski definition) is 0. The Bertz CT molecular complexity index is 569. The normalized spacial score (nSPS) is 11.0. The lowest BCUT2D eigenvalue weighted by Crippen LogP contribution is -1.96. The van der Waals surface area contributed by atoms with Gasteiger partial charge in [-0.1, -0.05) is 11.6 Å². The Labute approximate surface area is 99.8 Å². The molecule has 0 aliphatic heterocycles. The van der Waals surface area contributed by atoms with Gasteiger partial charge in [-0.3, -0.25) is 4.79 Å². The summed E-state index contributed by atoms with van der Waals surface area (Å²) < 4.78 is 2.15. The summed E-state index contributed by atoms with van der Waals surface area (Å²) in [5, 5.41) is 1.69. The van der Waals surface area contributed by atoms with Gasteiger partial charge < -0.3 is 4.57 Å². The van der Waals surface area contributed by atoms with Crippen LogP contribution in [0.1, 0.15) is 28.5 Å². The molecule has 2 nitrogen and oxygen atoms in total. The second kappa shape index (κ2) is 3.95.